The Morgan fingerprint density at radius 1 is 1.00 bits per heavy atom. The molecule has 3 aromatic rings. The number of hydrogen-bond donors (Lipinski definition) is 4. The Kier molecular flexibility index (Phi) is 11.0. The third-order valence-electron chi connectivity index (χ3n) is 5.28. The van der Waals surface area contributed by atoms with E-state index in [-0.39, 0.29) is 19.1 Å². The summed E-state index contributed by atoms with van der Waals surface area (Å²) in [5.41, 5.74) is 8.34. The molecule has 0 aromatic heterocycles. The summed E-state index contributed by atoms with van der Waals surface area (Å²) in [6.45, 7) is 0.125. The van der Waals surface area contributed by atoms with E-state index in [1.165, 1.54) is 6.08 Å². The van der Waals surface area contributed by atoms with Crippen molar-refractivity contribution < 1.29 is 24.2 Å². The minimum absolute atomic E-state index is 0.0754. The molecule has 3 aromatic carbocycles. The largest absolute Gasteiger partial charge is 0.491 e. The van der Waals surface area contributed by atoms with E-state index in [0.29, 0.717) is 42.1 Å². The maximum Gasteiger partial charge on any atom is 0.412 e. The summed E-state index contributed by atoms with van der Waals surface area (Å²) >= 11 is 3.37. The van der Waals surface area contributed by atoms with Gasteiger partial charge in [0.2, 0.25) is 5.91 Å². The molecule has 1 atom stereocenters. The predicted octanol–water partition coefficient (Wildman–Crippen LogP) is 6.06. The fourth-order valence-corrected chi connectivity index (χ4v) is 3.71. The van der Waals surface area contributed by atoms with Crippen molar-refractivity contribution in [2.24, 2.45) is 0 Å². The number of nitrogens with one attached hydrogen (secondary N) is 2. The van der Waals surface area contributed by atoms with Gasteiger partial charge in [0.1, 0.15) is 18.5 Å². The number of para-hydroxylation sites is 2. The van der Waals surface area contributed by atoms with E-state index >= 15 is 0 Å². The van der Waals surface area contributed by atoms with Crippen molar-refractivity contribution in [1.82, 2.24) is 0 Å². The van der Waals surface area contributed by atoms with Crippen LogP contribution >= 0.6 is 15.9 Å². The molecule has 0 aliphatic rings. The quantitative estimate of drug-likeness (QED) is 0.120. The molecule has 0 saturated carbocycles. The van der Waals surface area contributed by atoms with E-state index < -0.39 is 12.2 Å². The van der Waals surface area contributed by atoms with Crippen molar-refractivity contribution in [3.05, 3.63) is 95.0 Å². The summed E-state index contributed by atoms with van der Waals surface area (Å²) in [7, 11) is 0. The van der Waals surface area contributed by atoms with Crippen LogP contribution in [-0.4, -0.2) is 30.3 Å². The summed E-state index contributed by atoms with van der Waals surface area (Å²) in [5, 5.41) is 14.4. The maximum atomic E-state index is 12.6. The molecule has 194 valence electrons. The van der Waals surface area contributed by atoms with E-state index in [2.05, 4.69) is 26.6 Å². The van der Waals surface area contributed by atoms with Gasteiger partial charge >= 0.3 is 6.09 Å². The minimum Gasteiger partial charge on any atom is -0.491 e. The number of anilines is 3. The molecule has 0 aliphatic carbocycles. The zero-order valence-electron chi connectivity index (χ0n) is 20.2. The Hall–Kier alpha value is -3.82. The second-order valence-corrected chi connectivity index (χ2v) is 8.99. The Labute approximate surface area is 224 Å². The molecule has 9 heteroatoms. The number of unbranched alkanes of at least 4 members (excludes halogenated alkanes) is 1. The molecule has 0 aliphatic heterocycles. The number of amides is 2. The molecular formula is C28H30BrN3O5. The first-order valence-electron chi connectivity index (χ1n) is 11.8. The lowest BCUT2D eigenvalue weighted by Gasteiger charge is -2.19. The molecule has 5 N–H and O–H groups in total. The normalized spacial score (nSPS) is 11.6. The van der Waals surface area contributed by atoms with Crippen LogP contribution in [0.25, 0.3) is 0 Å². The fourth-order valence-electron chi connectivity index (χ4n) is 3.44. The van der Waals surface area contributed by atoms with Crippen LogP contribution in [0.3, 0.4) is 0 Å². The third-order valence-corrected chi connectivity index (χ3v) is 5.81. The number of nitrogen functional groups attached to an aromatic ring is 1. The molecule has 3 rings (SSSR count). The van der Waals surface area contributed by atoms with E-state index in [4.69, 9.17) is 20.3 Å². The van der Waals surface area contributed by atoms with Gasteiger partial charge in [-0.05, 0) is 79.4 Å². The van der Waals surface area contributed by atoms with Crippen molar-refractivity contribution in [2.45, 2.75) is 25.4 Å². The minimum atomic E-state index is -0.566. The van der Waals surface area contributed by atoms with Crippen LogP contribution in [0.2, 0.25) is 0 Å². The molecule has 0 radical (unpaired) electrons. The number of allylic oxidation sites excluding steroid dienone is 1. The van der Waals surface area contributed by atoms with E-state index in [1.54, 1.807) is 54.6 Å². The number of aliphatic hydroxyl groups is 1. The Morgan fingerprint density at radius 3 is 2.43 bits per heavy atom. The SMILES string of the molecule is Nc1ccccc1NC(=O)/C=C/CCC[C@@H](OC(=O)Nc1ccc(Br)cc1)c1ccc(OCCO)cc1. The molecule has 0 saturated heterocycles. The zero-order chi connectivity index (χ0) is 26.5. The van der Waals surface area contributed by atoms with Gasteiger partial charge < -0.3 is 25.6 Å². The number of carbonyl (C=O) groups excluding carboxylic acids is 2. The summed E-state index contributed by atoms with van der Waals surface area (Å²) < 4.78 is 12.1. The van der Waals surface area contributed by atoms with Crippen molar-refractivity contribution in [3.8, 4) is 5.75 Å². The standard InChI is InChI=1S/C28H30BrN3O5/c29-21-12-14-22(15-13-21)31-28(35)37-26(20-10-16-23(17-11-20)36-19-18-33)8-2-1-3-9-27(34)32-25-7-5-4-6-24(25)30/h3-7,9-17,26,33H,1-2,8,18-19,30H2,(H,31,35)(H,32,34)/b9-3+/t26-/m1/s1. The topological polar surface area (TPSA) is 123 Å². The van der Waals surface area contributed by atoms with Crippen molar-refractivity contribution in [2.75, 3.05) is 29.6 Å². The summed E-state index contributed by atoms with van der Waals surface area (Å²) in [4.78, 5) is 24.8. The number of nitrogens with two attached hydrogens (primary N) is 1. The van der Waals surface area contributed by atoms with Gasteiger partial charge in [-0.15, -0.1) is 0 Å². The van der Waals surface area contributed by atoms with Crippen molar-refractivity contribution in [1.29, 1.82) is 0 Å². The number of halogens is 1. The fraction of sp³-hybridized carbons (Fsp3) is 0.214. The monoisotopic (exact) mass is 567 g/mol. The Balaban J connectivity index is 1.57. The number of rotatable bonds is 12. The van der Waals surface area contributed by atoms with Crippen molar-refractivity contribution >= 4 is 45.0 Å². The highest BCUT2D eigenvalue weighted by Crippen LogP contribution is 2.27. The van der Waals surface area contributed by atoms with Gasteiger partial charge in [-0.3, -0.25) is 10.1 Å². The average Bonchev–Trinajstić information content (AvgIpc) is 2.89. The first kappa shape index (κ1) is 27.8. The van der Waals surface area contributed by atoms with Crippen LogP contribution < -0.4 is 21.1 Å². The lowest BCUT2D eigenvalue weighted by Crippen LogP contribution is -2.17. The summed E-state index contributed by atoms with van der Waals surface area (Å²) in [6, 6.07) is 21.5. The molecular weight excluding hydrogens is 538 g/mol. The van der Waals surface area contributed by atoms with Gasteiger partial charge in [0.05, 0.1) is 18.0 Å². The number of carbonyl (C=O) groups is 2. The molecule has 0 fully saturated rings. The van der Waals surface area contributed by atoms with Gasteiger partial charge in [0.25, 0.3) is 0 Å². The second kappa shape index (κ2) is 14.7. The van der Waals surface area contributed by atoms with Gasteiger partial charge in [-0.25, -0.2) is 4.79 Å². The summed E-state index contributed by atoms with van der Waals surface area (Å²) in [6.07, 6.45) is 4.01. The highest BCUT2D eigenvalue weighted by Gasteiger charge is 2.17. The summed E-state index contributed by atoms with van der Waals surface area (Å²) in [5.74, 6) is 0.349. The van der Waals surface area contributed by atoms with Crippen LogP contribution in [0, 0.1) is 0 Å². The first-order chi connectivity index (χ1) is 17.9. The van der Waals surface area contributed by atoms with E-state index in [0.717, 1.165) is 10.0 Å². The highest BCUT2D eigenvalue weighted by molar-refractivity contribution is 9.10. The van der Waals surface area contributed by atoms with Crippen LogP contribution in [0.4, 0.5) is 21.9 Å². The van der Waals surface area contributed by atoms with Gasteiger partial charge in [-0.2, -0.15) is 0 Å². The van der Waals surface area contributed by atoms with Crippen LogP contribution in [-0.2, 0) is 9.53 Å². The smallest absolute Gasteiger partial charge is 0.412 e. The molecule has 0 unspecified atom stereocenters. The lowest BCUT2D eigenvalue weighted by molar-refractivity contribution is -0.111. The molecule has 8 nitrogen and oxygen atoms in total. The number of hydrogen-bond acceptors (Lipinski definition) is 6. The lowest BCUT2D eigenvalue weighted by atomic mass is 10.0. The third kappa shape index (κ3) is 9.63. The average molecular weight is 568 g/mol. The number of aliphatic hydroxyl groups excluding tert-OH is 1. The predicted molar refractivity (Wildman–Crippen MR) is 148 cm³/mol. The zero-order valence-corrected chi connectivity index (χ0v) is 21.8. The van der Waals surface area contributed by atoms with Gasteiger partial charge in [-0.1, -0.05) is 46.3 Å². The van der Waals surface area contributed by atoms with Crippen LogP contribution in [0.1, 0.15) is 30.9 Å². The van der Waals surface area contributed by atoms with E-state index in [9.17, 15) is 9.59 Å². The maximum absolute atomic E-state index is 12.6. The number of ether oxygens (including phenoxy) is 2. The van der Waals surface area contributed by atoms with Gasteiger partial charge in [0, 0.05) is 10.2 Å². The highest BCUT2D eigenvalue weighted by atomic mass is 79.9. The van der Waals surface area contributed by atoms with Crippen LogP contribution in [0.5, 0.6) is 5.75 Å². The Morgan fingerprint density at radius 2 is 1.73 bits per heavy atom. The molecule has 0 bridgehead atoms. The molecule has 0 heterocycles. The molecule has 2 amide bonds. The molecule has 37 heavy (non-hydrogen) atoms. The van der Waals surface area contributed by atoms with E-state index in [1.807, 2.05) is 24.3 Å². The van der Waals surface area contributed by atoms with Gasteiger partial charge in [0.15, 0.2) is 0 Å². The Bertz CT molecular complexity index is 1180. The first-order valence-corrected chi connectivity index (χ1v) is 12.6. The molecule has 0 spiro atoms. The second-order valence-electron chi connectivity index (χ2n) is 8.08. The van der Waals surface area contributed by atoms with Crippen molar-refractivity contribution in [3.63, 3.8) is 0 Å². The number of benzene rings is 3. The van der Waals surface area contributed by atoms with Crippen LogP contribution in [0.15, 0.2) is 89.4 Å².